The third kappa shape index (κ3) is 5.39. The molecule has 0 spiro atoms. The Balaban J connectivity index is 1.74. The van der Waals surface area contributed by atoms with Crippen LogP contribution in [0.2, 0.25) is 20.1 Å². The van der Waals surface area contributed by atoms with Gasteiger partial charge in [-0.05, 0) is 30.3 Å². The molecule has 2 N–H and O–H groups in total. The average Bonchev–Trinajstić information content (AvgIpc) is 2.71. The summed E-state index contributed by atoms with van der Waals surface area (Å²) >= 11 is 24.2. The van der Waals surface area contributed by atoms with E-state index in [0.717, 1.165) is 6.07 Å². The minimum absolute atomic E-state index is 0.00684. The van der Waals surface area contributed by atoms with Gasteiger partial charge in [0.1, 0.15) is 16.9 Å². The Hall–Kier alpha value is -3.09. The summed E-state index contributed by atoms with van der Waals surface area (Å²) in [6.07, 6.45) is 1.25. The van der Waals surface area contributed by atoms with Gasteiger partial charge in [-0.1, -0.05) is 52.5 Å². The summed E-state index contributed by atoms with van der Waals surface area (Å²) in [6, 6.07) is 8.51. The zero-order valence-electron chi connectivity index (χ0n) is 15.6. The number of nitrogens with one attached hydrogen (secondary N) is 2. The summed E-state index contributed by atoms with van der Waals surface area (Å²) in [5, 5.41) is 13.0. The minimum Gasteiger partial charge on any atom is -0.434 e. The molecule has 0 atom stereocenters. The third-order valence-electron chi connectivity index (χ3n) is 3.81. The van der Waals surface area contributed by atoms with Crippen LogP contribution in [0.4, 0.5) is 14.9 Å². The topological polar surface area (TPSA) is 104 Å². The first-order valence-electron chi connectivity index (χ1n) is 8.48. The molecule has 7 nitrogen and oxygen atoms in total. The highest BCUT2D eigenvalue weighted by atomic mass is 35.5. The van der Waals surface area contributed by atoms with E-state index in [1.807, 2.05) is 11.4 Å². The van der Waals surface area contributed by atoms with Crippen LogP contribution >= 0.6 is 46.4 Å². The summed E-state index contributed by atoms with van der Waals surface area (Å²) in [7, 11) is 0. The number of hydrogen-bond acceptors (Lipinski definition) is 5. The van der Waals surface area contributed by atoms with Crippen molar-refractivity contribution in [1.82, 2.24) is 10.3 Å². The number of imide groups is 1. The minimum atomic E-state index is -1.04. The van der Waals surface area contributed by atoms with Crippen LogP contribution in [0.1, 0.15) is 15.9 Å². The first-order chi connectivity index (χ1) is 15.2. The van der Waals surface area contributed by atoms with Crippen LogP contribution in [-0.4, -0.2) is 16.9 Å². The van der Waals surface area contributed by atoms with E-state index >= 15 is 0 Å². The predicted molar refractivity (Wildman–Crippen MR) is 118 cm³/mol. The summed E-state index contributed by atoms with van der Waals surface area (Å²) in [6.45, 7) is 0. The van der Waals surface area contributed by atoms with E-state index in [1.54, 1.807) is 0 Å². The normalized spacial score (nSPS) is 10.2. The van der Waals surface area contributed by atoms with E-state index in [9.17, 15) is 14.0 Å². The van der Waals surface area contributed by atoms with Crippen LogP contribution in [0.25, 0.3) is 0 Å². The number of carbonyl (C=O) groups is 2. The highest BCUT2D eigenvalue weighted by Gasteiger charge is 2.19. The van der Waals surface area contributed by atoms with Gasteiger partial charge < -0.3 is 10.1 Å². The summed E-state index contributed by atoms with van der Waals surface area (Å²) in [5.41, 5.74) is -0.136. The van der Waals surface area contributed by atoms with Gasteiger partial charge in [0.2, 0.25) is 5.88 Å². The smallest absolute Gasteiger partial charge is 0.326 e. The van der Waals surface area contributed by atoms with Crippen LogP contribution in [0.15, 0.2) is 42.6 Å². The largest absolute Gasteiger partial charge is 0.434 e. The SMILES string of the molecule is N#Cc1cnc(Oc2c(Cl)cc(NC(=O)NC(=O)c3c(F)cccc3Cl)cc2Cl)c(Cl)c1. The second-order valence-electron chi connectivity index (χ2n) is 6.00. The first-order valence-corrected chi connectivity index (χ1v) is 9.99. The Kier molecular flexibility index (Phi) is 7.38. The molecule has 3 rings (SSSR count). The fourth-order valence-electron chi connectivity index (χ4n) is 2.43. The molecule has 1 heterocycles. The van der Waals surface area contributed by atoms with Crippen LogP contribution in [-0.2, 0) is 0 Å². The van der Waals surface area contributed by atoms with E-state index in [4.69, 9.17) is 56.4 Å². The number of hydrogen-bond donors (Lipinski definition) is 2. The van der Waals surface area contributed by atoms with Crippen LogP contribution < -0.4 is 15.4 Å². The fraction of sp³-hybridized carbons (Fsp3) is 0. The number of anilines is 1. The van der Waals surface area contributed by atoms with Gasteiger partial charge in [0.15, 0.2) is 5.75 Å². The first kappa shape index (κ1) is 23.6. The molecule has 0 aliphatic heterocycles. The molecule has 0 radical (unpaired) electrons. The van der Waals surface area contributed by atoms with Crippen molar-refractivity contribution in [2.45, 2.75) is 0 Å². The third-order valence-corrected chi connectivity index (χ3v) is 4.96. The monoisotopic (exact) mass is 512 g/mol. The summed E-state index contributed by atoms with van der Waals surface area (Å²) < 4.78 is 19.3. The number of amides is 3. The molecule has 0 saturated carbocycles. The lowest BCUT2D eigenvalue weighted by atomic mass is 10.2. The van der Waals surface area contributed by atoms with Gasteiger partial charge in [0.05, 0.1) is 26.2 Å². The van der Waals surface area contributed by atoms with E-state index in [0.29, 0.717) is 0 Å². The van der Waals surface area contributed by atoms with Crippen molar-refractivity contribution in [2.24, 2.45) is 0 Å². The highest BCUT2D eigenvalue weighted by Crippen LogP contribution is 2.40. The number of urea groups is 1. The maximum absolute atomic E-state index is 13.8. The molecule has 162 valence electrons. The lowest BCUT2D eigenvalue weighted by Gasteiger charge is -2.13. The highest BCUT2D eigenvalue weighted by molar-refractivity contribution is 6.38. The molecule has 0 unspecified atom stereocenters. The van der Waals surface area contributed by atoms with Crippen LogP contribution in [0.5, 0.6) is 11.6 Å². The molecular weight excluding hydrogens is 505 g/mol. The lowest BCUT2D eigenvalue weighted by molar-refractivity contribution is 0.0963. The molecule has 3 amide bonds. The summed E-state index contributed by atoms with van der Waals surface area (Å²) in [4.78, 5) is 28.2. The summed E-state index contributed by atoms with van der Waals surface area (Å²) in [5.74, 6) is -1.97. The molecule has 0 fully saturated rings. The van der Waals surface area contributed by atoms with Crippen molar-refractivity contribution in [1.29, 1.82) is 5.26 Å². The van der Waals surface area contributed by atoms with Crippen molar-refractivity contribution in [3.05, 3.63) is 79.6 Å². The van der Waals surface area contributed by atoms with E-state index < -0.39 is 23.3 Å². The maximum atomic E-state index is 13.8. The molecule has 3 aromatic rings. The van der Waals surface area contributed by atoms with E-state index in [-0.39, 0.29) is 43.0 Å². The van der Waals surface area contributed by atoms with Gasteiger partial charge in [0, 0.05) is 11.9 Å². The zero-order valence-corrected chi connectivity index (χ0v) is 18.6. The molecular formula is C20H9Cl4FN4O3. The quantitative estimate of drug-likeness (QED) is 0.416. The molecule has 32 heavy (non-hydrogen) atoms. The number of pyridine rings is 1. The standard InChI is InChI=1S/C20H9Cl4FN4O3/c21-11-2-1-3-15(25)16(11)18(30)29-20(31)28-10-5-12(22)17(13(23)6-10)32-19-14(24)4-9(7-26)8-27-19/h1-6,8H,(H2,28,29,30,31). The molecule has 0 aliphatic rings. The molecule has 1 aromatic heterocycles. The Labute approximate surface area is 200 Å². The number of nitriles is 1. The number of halogens is 5. The van der Waals surface area contributed by atoms with Gasteiger partial charge in [0.25, 0.3) is 5.91 Å². The number of ether oxygens (including phenoxy) is 1. The zero-order chi connectivity index (χ0) is 23.4. The lowest BCUT2D eigenvalue weighted by Crippen LogP contribution is -2.35. The molecule has 0 aliphatic carbocycles. The Bertz CT molecular complexity index is 1240. The number of aromatic nitrogens is 1. The second kappa shape index (κ2) is 10.0. The molecule has 0 saturated heterocycles. The van der Waals surface area contributed by atoms with Crippen molar-refractivity contribution in [3.8, 4) is 17.7 Å². The number of rotatable bonds is 4. The van der Waals surface area contributed by atoms with Crippen molar-refractivity contribution < 1.29 is 18.7 Å². The predicted octanol–water partition coefficient (Wildman–Crippen LogP) is 6.46. The second-order valence-corrected chi connectivity index (χ2v) is 7.63. The van der Waals surface area contributed by atoms with Gasteiger partial charge in [-0.15, -0.1) is 0 Å². The average molecular weight is 514 g/mol. The van der Waals surface area contributed by atoms with Gasteiger partial charge in [-0.3, -0.25) is 10.1 Å². The molecule has 12 heteroatoms. The van der Waals surface area contributed by atoms with Gasteiger partial charge in [-0.2, -0.15) is 5.26 Å². The van der Waals surface area contributed by atoms with Gasteiger partial charge in [-0.25, -0.2) is 14.2 Å². The molecule has 0 bridgehead atoms. The van der Waals surface area contributed by atoms with Crippen molar-refractivity contribution in [3.63, 3.8) is 0 Å². The number of benzene rings is 2. The maximum Gasteiger partial charge on any atom is 0.326 e. The number of carbonyl (C=O) groups excluding carboxylic acids is 2. The Morgan fingerprint density at radius 3 is 2.31 bits per heavy atom. The van der Waals surface area contributed by atoms with E-state index in [2.05, 4.69) is 10.3 Å². The number of nitrogens with zero attached hydrogens (tertiary/aromatic N) is 2. The molecule has 2 aromatic carbocycles. The van der Waals surface area contributed by atoms with Gasteiger partial charge >= 0.3 is 6.03 Å². The fourth-order valence-corrected chi connectivity index (χ4v) is 3.45. The van der Waals surface area contributed by atoms with E-state index in [1.165, 1.54) is 36.5 Å². The van der Waals surface area contributed by atoms with Crippen molar-refractivity contribution in [2.75, 3.05) is 5.32 Å². The van der Waals surface area contributed by atoms with Crippen molar-refractivity contribution >= 4 is 64.0 Å². The van der Waals surface area contributed by atoms with Crippen LogP contribution in [0.3, 0.4) is 0 Å². The Morgan fingerprint density at radius 1 is 1.03 bits per heavy atom. The van der Waals surface area contributed by atoms with Crippen LogP contribution in [0, 0.1) is 17.1 Å². The Morgan fingerprint density at radius 2 is 1.72 bits per heavy atom.